The number of benzene rings is 2. The Bertz CT molecular complexity index is 1530. The number of esters is 3. The van der Waals surface area contributed by atoms with Gasteiger partial charge in [-0.05, 0) is 29.8 Å². The van der Waals surface area contributed by atoms with Crippen molar-refractivity contribution in [2.45, 2.75) is 37.5 Å². The number of carbonyl (C=O) groups is 3. The number of nitrogens with one attached hydrogen (secondary N) is 1. The highest BCUT2D eigenvalue weighted by atomic mass is 16.6. The van der Waals surface area contributed by atoms with Crippen LogP contribution < -0.4 is 11.2 Å². The molecule has 0 spiro atoms. The van der Waals surface area contributed by atoms with Crippen LogP contribution in [0.25, 0.3) is 10.4 Å². The molecule has 1 saturated heterocycles. The molecule has 1 fully saturated rings. The molecule has 14 heteroatoms. The molecule has 5 atom stereocenters. The second-order valence-corrected chi connectivity index (χ2v) is 8.55. The number of nitrogens with zero attached hydrogens (tertiary/aromatic N) is 4. The van der Waals surface area contributed by atoms with E-state index in [1.54, 1.807) is 36.4 Å². The van der Waals surface area contributed by atoms with Gasteiger partial charge in [-0.2, -0.15) is 0 Å². The standard InChI is InChI=1S/C26H23N5O9/c1-15(32)37-14-18-20(29-30-27)21(39-24(34)16-8-4-2-5-9-16)22(40-25(35)17-10-6-3-7-11-17)23(38-18)31-13-12-19(33)28-26(31)36/h2-13,18,20-23H,14H2,1H3,(H,28,33,36)/t18-,20-,21+,22-,23-/m1/s1. The van der Waals surface area contributed by atoms with E-state index in [2.05, 4.69) is 15.0 Å². The van der Waals surface area contributed by atoms with Gasteiger partial charge >= 0.3 is 23.6 Å². The first-order chi connectivity index (χ1) is 19.3. The number of rotatable bonds is 8. The minimum absolute atomic E-state index is 0.130. The average molecular weight is 549 g/mol. The van der Waals surface area contributed by atoms with Crippen molar-refractivity contribution in [1.82, 2.24) is 9.55 Å². The summed E-state index contributed by atoms with van der Waals surface area (Å²) in [5.74, 6) is -2.41. The van der Waals surface area contributed by atoms with Gasteiger partial charge in [0.25, 0.3) is 5.56 Å². The summed E-state index contributed by atoms with van der Waals surface area (Å²) in [5, 5.41) is 3.72. The van der Waals surface area contributed by atoms with Crippen LogP contribution in [0.5, 0.6) is 0 Å². The van der Waals surface area contributed by atoms with E-state index in [9.17, 15) is 29.5 Å². The van der Waals surface area contributed by atoms with Crippen LogP contribution in [0, 0.1) is 0 Å². The van der Waals surface area contributed by atoms with E-state index in [1.165, 1.54) is 24.3 Å². The smallest absolute Gasteiger partial charge is 0.338 e. The highest BCUT2D eigenvalue weighted by Crippen LogP contribution is 2.34. The molecule has 14 nitrogen and oxygen atoms in total. The summed E-state index contributed by atoms with van der Waals surface area (Å²) in [7, 11) is 0. The van der Waals surface area contributed by atoms with Crippen molar-refractivity contribution >= 4 is 17.9 Å². The third-order valence-electron chi connectivity index (χ3n) is 5.90. The summed E-state index contributed by atoms with van der Waals surface area (Å²) in [6.07, 6.45) is -4.79. The molecular formula is C26H23N5O9. The maximum Gasteiger partial charge on any atom is 0.338 e. The van der Waals surface area contributed by atoms with Crippen molar-refractivity contribution in [1.29, 1.82) is 0 Å². The van der Waals surface area contributed by atoms with Crippen LogP contribution in [-0.2, 0) is 23.7 Å². The van der Waals surface area contributed by atoms with Gasteiger partial charge in [-0.15, -0.1) is 0 Å². The lowest BCUT2D eigenvalue weighted by Crippen LogP contribution is -2.60. The van der Waals surface area contributed by atoms with E-state index in [4.69, 9.17) is 18.9 Å². The van der Waals surface area contributed by atoms with Gasteiger partial charge in [0.05, 0.1) is 11.1 Å². The van der Waals surface area contributed by atoms with E-state index >= 15 is 0 Å². The van der Waals surface area contributed by atoms with Crippen LogP contribution in [0.2, 0.25) is 0 Å². The molecule has 3 aromatic rings. The first-order valence-electron chi connectivity index (χ1n) is 11.9. The van der Waals surface area contributed by atoms with Crippen molar-refractivity contribution in [2.24, 2.45) is 5.11 Å². The first kappa shape index (κ1) is 27.8. The van der Waals surface area contributed by atoms with Gasteiger partial charge in [-0.3, -0.25) is 19.1 Å². The van der Waals surface area contributed by atoms with E-state index in [0.29, 0.717) is 0 Å². The molecule has 1 aliphatic rings. The summed E-state index contributed by atoms with van der Waals surface area (Å²) in [5.41, 5.74) is 7.97. The van der Waals surface area contributed by atoms with Crippen molar-refractivity contribution in [2.75, 3.05) is 6.61 Å². The number of ether oxygens (including phenoxy) is 4. The average Bonchev–Trinajstić information content (AvgIpc) is 2.95. The maximum atomic E-state index is 13.2. The molecule has 1 N–H and O–H groups in total. The predicted molar refractivity (Wildman–Crippen MR) is 136 cm³/mol. The monoisotopic (exact) mass is 549 g/mol. The fourth-order valence-electron chi connectivity index (χ4n) is 4.09. The van der Waals surface area contributed by atoms with E-state index < -0.39 is 66.3 Å². The lowest BCUT2D eigenvalue weighted by Gasteiger charge is -2.44. The highest BCUT2D eigenvalue weighted by molar-refractivity contribution is 5.90. The number of carbonyl (C=O) groups excluding carboxylic acids is 3. The molecular weight excluding hydrogens is 526 g/mol. The summed E-state index contributed by atoms with van der Waals surface area (Å²) >= 11 is 0. The van der Waals surface area contributed by atoms with Gasteiger partial charge in [0.15, 0.2) is 18.4 Å². The van der Waals surface area contributed by atoms with Crippen molar-refractivity contribution in [3.05, 3.63) is 115 Å². The number of azide groups is 1. The maximum absolute atomic E-state index is 13.2. The van der Waals surface area contributed by atoms with E-state index in [0.717, 1.165) is 23.8 Å². The second-order valence-electron chi connectivity index (χ2n) is 8.55. The van der Waals surface area contributed by atoms with Crippen LogP contribution in [0.4, 0.5) is 0 Å². The minimum atomic E-state index is -1.58. The Hall–Kier alpha value is -5.20. The molecule has 4 rings (SSSR count). The third kappa shape index (κ3) is 6.43. The lowest BCUT2D eigenvalue weighted by atomic mass is 9.95. The Morgan fingerprint density at radius 2 is 1.52 bits per heavy atom. The molecule has 40 heavy (non-hydrogen) atoms. The normalized spacial score (nSPS) is 21.9. The SMILES string of the molecule is CC(=O)OC[C@H]1O[C@@H](n2ccc(=O)[nH]c2=O)[C@H](OC(=O)c2ccccc2)[C@@H](OC(=O)c2ccccc2)[C@@H]1N=[N+]=[N-]. The molecule has 0 saturated carbocycles. The molecule has 0 radical (unpaired) electrons. The summed E-state index contributed by atoms with van der Waals surface area (Å²) < 4.78 is 23.5. The molecule has 0 aliphatic carbocycles. The Morgan fingerprint density at radius 3 is 2.05 bits per heavy atom. The summed E-state index contributed by atoms with van der Waals surface area (Å²) in [6.45, 7) is 0.680. The lowest BCUT2D eigenvalue weighted by molar-refractivity contribution is -0.218. The van der Waals surface area contributed by atoms with Gasteiger partial charge in [0.1, 0.15) is 18.8 Å². The summed E-state index contributed by atoms with van der Waals surface area (Å²) in [6, 6.07) is 15.4. The van der Waals surface area contributed by atoms with E-state index in [-0.39, 0.29) is 11.1 Å². The van der Waals surface area contributed by atoms with Crippen LogP contribution in [0.15, 0.2) is 87.6 Å². The Labute approximate surface area is 225 Å². The second kappa shape index (κ2) is 12.6. The topological polar surface area (TPSA) is 192 Å². The van der Waals surface area contributed by atoms with Crippen LogP contribution >= 0.6 is 0 Å². The number of H-pyrrole nitrogens is 1. The zero-order chi connectivity index (χ0) is 28.6. The molecule has 0 unspecified atom stereocenters. The van der Waals surface area contributed by atoms with Gasteiger partial charge in [0.2, 0.25) is 0 Å². The Balaban J connectivity index is 1.83. The Kier molecular flexibility index (Phi) is 8.74. The first-order valence-corrected chi connectivity index (χ1v) is 11.9. The molecule has 1 aliphatic heterocycles. The number of aromatic nitrogens is 2. The molecule has 0 amide bonds. The Morgan fingerprint density at radius 1 is 0.950 bits per heavy atom. The van der Waals surface area contributed by atoms with Gasteiger partial charge in [-0.25, -0.2) is 14.4 Å². The molecule has 1 aromatic heterocycles. The van der Waals surface area contributed by atoms with Crippen molar-refractivity contribution in [3.63, 3.8) is 0 Å². The largest absolute Gasteiger partial charge is 0.463 e. The van der Waals surface area contributed by atoms with Gasteiger partial charge in [-0.1, -0.05) is 41.5 Å². The molecule has 206 valence electrons. The molecule has 2 aromatic carbocycles. The van der Waals surface area contributed by atoms with Crippen LogP contribution in [0.1, 0.15) is 33.9 Å². The number of aromatic amines is 1. The fourth-order valence-corrected chi connectivity index (χ4v) is 4.09. The zero-order valence-corrected chi connectivity index (χ0v) is 21.0. The fraction of sp³-hybridized carbons (Fsp3) is 0.269. The van der Waals surface area contributed by atoms with Crippen LogP contribution in [-0.4, -0.2) is 58.4 Å². The van der Waals surface area contributed by atoms with Gasteiger partial charge < -0.3 is 18.9 Å². The van der Waals surface area contributed by atoms with Crippen molar-refractivity contribution in [3.8, 4) is 0 Å². The van der Waals surface area contributed by atoms with Crippen LogP contribution in [0.3, 0.4) is 0 Å². The molecule has 2 heterocycles. The summed E-state index contributed by atoms with van der Waals surface area (Å²) in [4.78, 5) is 67.3. The van der Waals surface area contributed by atoms with E-state index in [1.807, 2.05) is 0 Å². The number of hydrogen-bond acceptors (Lipinski definition) is 10. The highest BCUT2D eigenvalue weighted by Gasteiger charge is 2.51. The number of hydrogen-bond donors (Lipinski definition) is 1. The third-order valence-corrected chi connectivity index (χ3v) is 5.90. The molecule has 0 bridgehead atoms. The van der Waals surface area contributed by atoms with Gasteiger partial charge in [0, 0.05) is 24.1 Å². The minimum Gasteiger partial charge on any atom is -0.463 e. The quantitative estimate of drug-likeness (QED) is 0.144. The predicted octanol–water partition coefficient (Wildman–Crippen LogP) is 2.13. The van der Waals surface area contributed by atoms with Crippen molar-refractivity contribution < 1.29 is 33.3 Å². The zero-order valence-electron chi connectivity index (χ0n) is 21.0.